The number of aromatic nitrogens is 3. The SMILES string of the molecule is Cc1cc(C(=O)NCCC(O)(c2nccn2C)C(F)(F)F)no1. The molecule has 2 N–H and O–H groups in total. The molecule has 7 nitrogen and oxygen atoms in total. The molecule has 0 aliphatic carbocycles. The molecule has 1 atom stereocenters. The molecular formula is C13H15F3N4O3. The molecule has 1 unspecified atom stereocenters. The van der Waals surface area contributed by atoms with Crippen molar-refractivity contribution >= 4 is 5.91 Å². The molecular weight excluding hydrogens is 317 g/mol. The Morgan fingerprint density at radius 3 is 2.65 bits per heavy atom. The van der Waals surface area contributed by atoms with Crippen molar-refractivity contribution < 1.29 is 27.6 Å². The van der Waals surface area contributed by atoms with Crippen LogP contribution in [0.1, 0.15) is 28.5 Å². The minimum Gasteiger partial charge on any atom is -0.374 e. The maximum atomic E-state index is 13.3. The van der Waals surface area contributed by atoms with Gasteiger partial charge in [0.05, 0.1) is 0 Å². The predicted octanol–water partition coefficient (Wildman–Crippen LogP) is 1.29. The Labute approximate surface area is 129 Å². The summed E-state index contributed by atoms with van der Waals surface area (Å²) in [5, 5.41) is 15.8. The van der Waals surface area contributed by atoms with Gasteiger partial charge in [-0.05, 0) is 6.92 Å². The van der Waals surface area contributed by atoms with Gasteiger partial charge in [-0.15, -0.1) is 0 Å². The zero-order valence-corrected chi connectivity index (χ0v) is 12.4. The monoisotopic (exact) mass is 332 g/mol. The Morgan fingerprint density at radius 1 is 1.48 bits per heavy atom. The molecule has 2 heterocycles. The first-order valence-corrected chi connectivity index (χ1v) is 6.63. The topological polar surface area (TPSA) is 93.2 Å². The molecule has 0 bridgehead atoms. The second-order valence-corrected chi connectivity index (χ2v) is 5.05. The van der Waals surface area contributed by atoms with Crippen LogP contribution in [0.4, 0.5) is 13.2 Å². The normalized spacial score (nSPS) is 14.5. The van der Waals surface area contributed by atoms with E-state index in [1.807, 2.05) is 0 Å². The first kappa shape index (κ1) is 17.0. The van der Waals surface area contributed by atoms with Gasteiger partial charge in [-0.3, -0.25) is 4.79 Å². The lowest BCUT2D eigenvalue weighted by Crippen LogP contribution is -2.46. The Balaban J connectivity index is 2.08. The van der Waals surface area contributed by atoms with Crippen LogP contribution in [-0.2, 0) is 12.6 Å². The number of aryl methyl sites for hydroxylation is 2. The lowest BCUT2D eigenvalue weighted by Gasteiger charge is -2.29. The van der Waals surface area contributed by atoms with Crippen LogP contribution in [0.15, 0.2) is 23.0 Å². The van der Waals surface area contributed by atoms with Crippen molar-refractivity contribution in [3.8, 4) is 0 Å². The highest BCUT2D eigenvalue weighted by atomic mass is 19.4. The lowest BCUT2D eigenvalue weighted by atomic mass is 9.97. The van der Waals surface area contributed by atoms with E-state index in [1.165, 1.54) is 19.3 Å². The number of hydrogen-bond acceptors (Lipinski definition) is 5. The lowest BCUT2D eigenvalue weighted by molar-refractivity contribution is -0.272. The summed E-state index contributed by atoms with van der Waals surface area (Å²) in [6, 6.07) is 1.35. The van der Waals surface area contributed by atoms with Crippen LogP contribution in [-0.4, -0.2) is 38.4 Å². The zero-order valence-electron chi connectivity index (χ0n) is 12.4. The van der Waals surface area contributed by atoms with Gasteiger partial charge in [-0.2, -0.15) is 13.2 Å². The van der Waals surface area contributed by atoms with Gasteiger partial charge < -0.3 is 19.5 Å². The molecule has 10 heteroatoms. The second-order valence-electron chi connectivity index (χ2n) is 5.05. The summed E-state index contributed by atoms with van der Waals surface area (Å²) in [4.78, 5) is 15.3. The molecule has 0 aliphatic heterocycles. The van der Waals surface area contributed by atoms with E-state index in [-0.39, 0.29) is 5.69 Å². The van der Waals surface area contributed by atoms with E-state index in [1.54, 1.807) is 6.92 Å². The van der Waals surface area contributed by atoms with Gasteiger partial charge in [0, 0.05) is 38.5 Å². The van der Waals surface area contributed by atoms with Gasteiger partial charge >= 0.3 is 6.18 Å². The second kappa shape index (κ2) is 6.03. The average Bonchev–Trinajstić information content (AvgIpc) is 3.06. The third-order valence-electron chi connectivity index (χ3n) is 3.29. The molecule has 0 radical (unpaired) electrons. The minimum absolute atomic E-state index is 0.0463. The molecule has 1 amide bonds. The molecule has 0 aromatic carbocycles. The summed E-state index contributed by atoms with van der Waals surface area (Å²) in [5.74, 6) is -0.835. The van der Waals surface area contributed by atoms with Gasteiger partial charge in [-0.1, -0.05) is 5.16 Å². The highest BCUT2D eigenvalue weighted by molar-refractivity contribution is 5.92. The summed E-state index contributed by atoms with van der Waals surface area (Å²) in [6.45, 7) is 1.15. The van der Waals surface area contributed by atoms with Crippen molar-refractivity contribution in [3.05, 3.63) is 35.7 Å². The summed E-state index contributed by atoms with van der Waals surface area (Å²) < 4.78 is 45.6. The molecule has 0 spiro atoms. The third kappa shape index (κ3) is 3.36. The number of imidazole rings is 1. The number of alkyl halides is 3. The van der Waals surface area contributed by atoms with Crippen molar-refractivity contribution in [2.75, 3.05) is 6.54 Å². The summed E-state index contributed by atoms with van der Waals surface area (Å²) in [5.41, 5.74) is -3.21. The molecule has 0 fully saturated rings. The number of carbonyl (C=O) groups is 1. The Hall–Kier alpha value is -2.36. The Bertz CT molecular complexity index is 695. The van der Waals surface area contributed by atoms with E-state index in [4.69, 9.17) is 4.52 Å². The highest BCUT2D eigenvalue weighted by Crippen LogP contribution is 2.40. The van der Waals surface area contributed by atoms with Crippen molar-refractivity contribution in [1.82, 2.24) is 20.0 Å². The van der Waals surface area contributed by atoms with E-state index < -0.39 is 36.5 Å². The quantitative estimate of drug-likeness (QED) is 0.860. The van der Waals surface area contributed by atoms with Crippen LogP contribution in [0.2, 0.25) is 0 Å². The fraction of sp³-hybridized carbons (Fsp3) is 0.462. The van der Waals surface area contributed by atoms with Gasteiger partial charge in [0.15, 0.2) is 5.69 Å². The van der Waals surface area contributed by atoms with Crippen molar-refractivity contribution in [3.63, 3.8) is 0 Å². The number of hydrogen-bond donors (Lipinski definition) is 2. The minimum atomic E-state index is -4.94. The fourth-order valence-electron chi connectivity index (χ4n) is 2.07. The van der Waals surface area contributed by atoms with E-state index in [2.05, 4.69) is 15.5 Å². The third-order valence-corrected chi connectivity index (χ3v) is 3.29. The molecule has 2 rings (SSSR count). The van der Waals surface area contributed by atoms with Crippen LogP contribution in [0, 0.1) is 6.92 Å². The van der Waals surface area contributed by atoms with E-state index in [0.717, 1.165) is 10.8 Å². The van der Waals surface area contributed by atoms with Crippen LogP contribution in [0.3, 0.4) is 0 Å². The first-order chi connectivity index (χ1) is 10.6. The summed E-state index contributed by atoms with van der Waals surface area (Å²) in [7, 11) is 1.34. The van der Waals surface area contributed by atoms with Gasteiger partial charge in [-0.25, -0.2) is 4.98 Å². The zero-order chi connectivity index (χ0) is 17.3. The maximum Gasteiger partial charge on any atom is 0.424 e. The maximum absolute atomic E-state index is 13.3. The predicted molar refractivity (Wildman–Crippen MR) is 71.4 cm³/mol. The molecule has 2 aromatic heterocycles. The largest absolute Gasteiger partial charge is 0.424 e. The van der Waals surface area contributed by atoms with Crippen LogP contribution < -0.4 is 5.32 Å². The first-order valence-electron chi connectivity index (χ1n) is 6.63. The number of halogens is 3. The van der Waals surface area contributed by atoms with Crippen LogP contribution in [0.5, 0.6) is 0 Å². The summed E-state index contributed by atoms with van der Waals surface area (Å²) in [6.07, 6.45) is -3.28. The number of amides is 1. The van der Waals surface area contributed by atoms with Gasteiger partial charge in [0.1, 0.15) is 11.6 Å². The smallest absolute Gasteiger partial charge is 0.374 e. The molecule has 0 aliphatic rings. The molecule has 23 heavy (non-hydrogen) atoms. The number of rotatable bonds is 5. The molecule has 2 aromatic rings. The van der Waals surface area contributed by atoms with Crippen molar-refractivity contribution in [2.45, 2.75) is 25.1 Å². The van der Waals surface area contributed by atoms with E-state index in [9.17, 15) is 23.1 Å². The molecule has 0 saturated heterocycles. The van der Waals surface area contributed by atoms with Gasteiger partial charge in [0.2, 0.25) is 5.60 Å². The highest BCUT2D eigenvalue weighted by Gasteiger charge is 2.57. The van der Waals surface area contributed by atoms with Crippen molar-refractivity contribution in [1.29, 1.82) is 0 Å². The van der Waals surface area contributed by atoms with Crippen molar-refractivity contribution in [2.24, 2.45) is 7.05 Å². The van der Waals surface area contributed by atoms with E-state index in [0.29, 0.717) is 5.76 Å². The Kier molecular flexibility index (Phi) is 4.46. The standard InChI is InChI=1S/C13H15F3N4O3/c1-8-7-9(19-23-8)10(21)17-4-3-12(22,13(14,15)16)11-18-5-6-20(11)2/h5-7,22H,3-4H2,1-2H3,(H,17,21). The van der Waals surface area contributed by atoms with Crippen LogP contribution >= 0.6 is 0 Å². The van der Waals surface area contributed by atoms with E-state index >= 15 is 0 Å². The number of nitrogens with one attached hydrogen (secondary N) is 1. The number of nitrogens with zero attached hydrogens (tertiary/aromatic N) is 3. The Morgan fingerprint density at radius 2 is 2.17 bits per heavy atom. The fourth-order valence-corrected chi connectivity index (χ4v) is 2.07. The summed E-state index contributed by atoms with van der Waals surface area (Å²) >= 11 is 0. The van der Waals surface area contributed by atoms with Crippen LogP contribution in [0.25, 0.3) is 0 Å². The average molecular weight is 332 g/mol. The number of aliphatic hydroxyl groups is 1. The van der Waals surface area contributed by atoms with Gasteiger partial charge in [0.25, 0.3) is 5.91 Å². The molecule has 0 saturated carbocycles. The number of carbonyl (C=O) groups excluding carboxylic acids is 1. The molecule has 126 valence electrons.